The minimum atomic E-state index is -0.0204. The van der Waals surface area contributed by atoms with Gasteiger partial charge in [0, 0.05) is 31.6 Å². The molecule has 0 atom stereocenters. The Labute approximate surface area is 133 Å². The zero-order valence-electron chi connectivity index (χ0n) is 14.4. The molecule has 0 unspecified atom stereocenters. The van der Waals surface area contributed by atoms with Crippen molar-refractivity contribution in [2.24, 2.45) is 0 Å². The van der Waals surface area contributed by atoms with Gasteiger partial charge in [0.1, 0.15) is 0 Å². The molecule has 1 aromatic rings. The van der Waals surface area contributed by atoms with Crippen molar-refractivity contribution in [1.29, 1.82) is 0 Å². The topological polar surface area (TPSA) is 49.4 Å². The molecule has 0 spiro atoms. The minimum absolute atomic E-state index is 0.0201. The molecule has 0 saturated heterocycles. The van der Waals surface area contributed by atoms with E-state index in [1.54, 1.807) is 11.8 Å². The summed E-state index contributed by atoms with van der Waals surface area (Å²) in [7, 11) is 0. The first-order valence-electron chi connectivity index (χ1n) is 8.08. The van der Waals surface area contributed by atoms with E-state index in [2.05, 4.69) is 31.3 Å². The molecule has 1 rings (SSSR count). The molecule has 0 aliphatic carbocycles. The highest BCUT2D eigenvalue weighted by Crippen LogP contribution is 2.27. The second-order valence-electron chi connectivity index (χ2n) is 5.77. The summed E-state index contributed by atoms with van der Waals surface area (Å²) >= 11 is 0. The normalized spacial score (nSPS) is 10.6. The van der Waals surface area contributed by atoms with E-state index in [1.807, 2.05) is 19.9 Å². The average molecular weight is 304 g/mol. The lowest BCUT2D eigenvalue weighted by atomic mass is 10.0. The van der Waals surface area contributed by atoms with Gasteiger partial charge in [-0.05, 0) is 37.8 Å². The van der Waals surface area contributed by atoms with Gasteiger partial charge in [-0.3, -0.25) is 9.59 Å². The van der Waals surface area contributed by atoms with E-state index >= 15 is 0 Å². The van der Waals surface area contributed by atoms with Crippen molar-refractivity contribution >= 4 is 17.5 Å². The van der Waals surface area contributed by atoms with Gasteiger partial charge in [0.05, 0.1) is 0 Å². The first kappa shape index (κ1) is 18.2. The molecule has 0 heterocycles. The van der Waals surface area contributed by atoms with Crippen LogP contribution in [0.5, 0.6) is 0 Å². The summed E-state index contributed by atoms with van der Waals surface area (Å²) in [6, 6.07) is 6.26. The zero-order chi connectivity index (χ0) is 16.7. The van der Waals surface area contributed by atoms with Crippen LogP contribution in [0.15, 0.2) is 18.2 Å². The molecule has 1 aromatic carbocycles. The highest BCUT2D eigenvalue weighted by atomic mass is 16.2. The number of nitrogens with zero attached hydrogens (tertiary/aromatic N) is 1. The lowest BCUT2D eigenvalue weighted by Gasteiger charge is -2.26. The number of para-hydroxylation sites is 1. The summed E-state index contributed by atoms with van der Waals surface area (Å²) in [6.07, 6.45) is 2.05. The SMILES string of the molecule is CCc1cccc(CC)c1N(CCC(=O)NC(C)C)C(C)=O. The quantitative estimate of drug-likeness (QED) is 0.841. The molecule has 22 heavy (non-hydrogen) atoms. The van der Waals surface area contributed by atoms with Crippen LogP contribution in [0, 0.1) is 0 Å². The Bertz CT molecular complexity index is 502. The summed E-state index contributed by atoms with van der Waals surface area (Å²) < 4.78 is 0. The molecule has 0 fully saturated rings. The van der Waals surface area contributed by atoms with Gasteiger partial charge in [0.25, 0.3) is 0 Å². The first-order chi connectivity index (χ1) is 10.4. The summed E-state index contributed by atoms with van der Waals surface area (Å²) in [6.45, 7) is 10.0. The number of anilines is 1. The Hall–Kier alpha value is -1.84. The third kappa shape index (κ3) is 4.86. The van der Waals surface area contributed by atoms with Gasteiger partial charge >= 0.3 is 0 Å². The fourth-order valence-corrected chi connectivity index (χ4v) is 2.60. The number of carbonyl (C=O) groups is 2. The molecular formula is C18H28N2O2. The maximum atomic E-state index is 12.1. The van der Waals surface area contributed by atoms with Crippen LogP contribution in [-0.2, 0) is 22.4 Å². The monoisotopic (exact) mass is 304 g/mol. The maximum Gasteiger partial charge on any atom is 0.223 e. The Morgan fingerprint density at radius 3 is 2.09 bits per heavy atom. The number of hydrogen-bond acceptors (Lipinski definition) is 2. The van der Waals surface area contributed by atoms with Crippen LogP contribution < -0.4 is 10.2 Å². The molecule has 0 aliphatic heterocycles. The number of hydrogen-bond donors (Lipinski definition) is 1. The molecule has 0 aromatic heterocycles. The summed E-state index contributed by atoms with van der Waals surface area (Å²) in [5.41, 5.74) is 3.29. The Morgan fingerprint density at radius 1 is 1.14 bits per heavy atom. The van der Waals surface area contributed by atoms with Crippen molar-refractivity contribution in [3.63, 3.8) is 0 Å². The Balaban J connectivity index is 3.01. The van der Waals surface area contributed by atoms with Gasteiger partial charge < -0.3 is 10.2 Å². The second-order valence-corrected chi connectivity index (χ2v) is 5.77. The average Bonchev–Trinajstić information content (AvgIpc) is 2.46. The van der Waals surface area contributed by atoms with Gasteiger partial charge in [-0.2, -0.15) is 0 Å². The number of nitrogens with one attached hydrogen (secondary N) is 1. The first-order valence-corrected chi connectivity index (χ1v) is 8.08. The van der Waals surface area contributed by atoms with Gasteiger partial charge in [0.2, 0.25) is 11.8 Å². The molecule has 0 bridgehead atoms. The van der Waals surface area contributed by atoms with Crippen LogP contribution >= 0.6 is 0 Å². The van der Waals surface area contributed by atoms with E-state index in [-0.39, 0.29) is 17.9 Å². The smallest absolute Gasteiger partial charge is 0.223 e. The van der Waals surface area contributed by atoms with Crippen molar-refractivity contribution in [3.8, 4) is 0 Å². The van der Waals surface area contributed by atoms with E-state index in [0.29, 0.717) is 13.0 Å². The van der Waals surface area contributed by atoms with E-state index in [1.165, 1.54) is 0 Å². The van der Waals surface area contributed by atoms with Crippen LogP contribution in [0.2, 0.25) is 0 Å². The molecular weight excluding hydrogens is 276 g/mol. The molecule has 0 saturated carbocycles. The number of benzene rings is 1. The van der Waals surface area contributed by atoms with Gasteiger partial charge in [0.15, 0.2) is 0 Å². The van der Waals surface area contributed by atoms with Crippen molar-refractivity contribution in [3.05, 3.63) is 29.3 Å². The molecule has 122 valence electrons. The highest BCUT2D eigenvalue weighted by molar-refractivity contribution is 5.94. The number of rotatable bonds is 7. The summed E-state index contributed by atoms with van der Waals surface area (Å²) in [4.78, 5) is 25.7. The van der Waals surface area contributed by atoms with Crippen molar-refractivity contribution in [2.45, 2.75) is 59.9 Å². The lowest BCUT2D eigenvalue weighted by molar-refractivity contribution is -0.121. The van der Waals surface area contributed by atoms with E-state index < -0.39 is 0 Å². The third-order valence-electron chi connectivity index (χ3n) is 3.63. The lowest BCUT2D eigenvalue weighted by Crippen LogP contribution is -2.37. The van der Waals surface area contributed by atoms with E-state index in [4.69, 9.17) is 0 Å². The maximum absolute atomic E-state index is 12.1. The molecule has 1 N–H and O–H groups in total. The van der Waals surface area contributed by atoms with Crippen LogP contribution in [0.4, 0.5) is 5.69 Å². The third-order valence-corrected chi connectivity index (χ3v) is 3.63. The predicted molar refractivity (Wildman–Crippen MR) is 91.1 cm³/mol. The predicted octanol–water partition coefficient (Wildman–Crippen LogP) is 3.08. The van der Waals surface area contributed by atoms with E-state index in [9.17, 15) is 9.59 Å². The zero-order valence-corrected chi connectivity index (χ0v) is 14.4. The fourth-order valence-electron chi connectivity index (χ4n) is 2.60. The van der Waals surface area contributed by atoms with E-state index in [0.717, 1.165) is 29.7 Å². The summed E-state index contributed by atoms with van der Waals surface area (Å²) in [5, 5.41) is 2.87. The van der Waals surface area contributed by atoms with Gasteiger partial charge in [-0.25, -0.2) is 0 Å². The van der Waals surface area contributed by atoms with Crippen molar-refractivity contribution in [1.82, 2.24) is 5.32 Å². The van der Waals surface area contributed by atoms with Crippen LogP contribution in [0.3, 0.4) is 0 Å². The number of amides is 2. The highest BCUT2D eigenvalue weighted by Gasteiger charge is 2.19. The van der Waals surface area contributed by atoms with Gasteiger partial charge in [-0.1, -0.05) is 32.0 Å². The molecule has 4 heteroatoms. The second kappa shape index (κ2) is 8.57. The summed E-state index contributed by atoms with van der Waals surface area (Å²) in [5.74, 6) is -0.0405. The van der Waals surface area contributed by atoms with Crippen LogP contribution in [0.25, 0.3) is 0 Å². The van der Waals surface area contributed by atoms with Crippen LogP contribution in [0.1, 0.15) is 52.2 Å². The minimum Gasteiger partial charge on any atom is -0.354 e. The molecule has 2 amide bonds. The standard InChI is InChI=1S/C18H28N2O2/c1-6-15-9-8-10-16(7-2)18(15)20(14(5)21)12-11-17(22)19-13(3)4/h8-10,13H,6-7,11-12H2,1-5H3,(H,19,22). The fraction of sp³-hybridized carbons (Fsp3) is 0.556. The van der Waals surface area contributed by atoms with Gasteiger partial charge in [-0.15, -0.1) is 0 Å². The molecule has 4 nitrogen and oxygen atoms in total. The number of aryl methyl sites for hydroxylation is 2. The molecule has 0 radical (unpaired) electrons. The largest absolute Gasteiger partial charge is 0.354 e. The Kier molecular flexibility index (Phi) is 7.09. The van der Waals surface area contributed by atoms with Crippen molar-refractivity contribution in [2.75, 3.05) is 11.4 Å². The Morgan fingerprint density at radius 2 is 1.68 bits per heavy atom. The van der Waals surface area contributed by atoms with Crippen LogP contribution in [-0.4, -0.2) is 24.4 Å². The number of carbonyl (C=O) groups excluding carboxylic acids is 2. The van der Waals surface area contributed by atoms with Crippen molar-refractivity contribution < 1.29 is 9.59 Å². The molecule has 0 aliphatic rings.